The molecule has 0 unspecified atom stereocenters. The summed E-state index contributed by atoms with van der Waals surface area (Å²) in [7, 11) is 2.31. The first-order valence-corrected chi connectivity index (χ1v) is 5.98. The first-order chi connectivity index (χ1) is 9.88. The molecule has 0 aliphatic carbocycles. The van der Waals surface area contributed by atoms with Crippen LogP contribution in [0.3, 0.4) is 0 Å². The Morgan fingerprint density at radius 1 is 1.38 bits per heavy atom. The largest absolute Gasteiger partial charge is 0.502 e. The van der Waals surface area contributed by atoms with Gasteiger partial charge in [0.15, 0.2) is 0 Å². The lowest BCUT2D eigenvalue weighted by Crippen LogP contribution is -2.28. The third-order valence-corrected chi connectivity index (χ3v) is 2.68. The van der Waals surface area contributed by atoms with Crippen LogP contribution in [0.1, 0.15) is 11.1 Å². The minimum Gasteiger partial charge on any atom is -0.502 e. The minimum absolute atomic E-state index is 0.0442. The number of benzene rings is 1. The molecule has 1 aromatic rings. The van der Waals surface area contributed by atoms with Crippen LogP contribution >= 0.6 is 0 Å². The van der Waals surface area contributed by atoms with Crippen LogP contribution in [0.15, 0.2) is 30.0 Å². The Labute approximate surface area is 121 Å². The molecule has 1 amide bonds. The van der Waals surface area contributed by atoms with Gasteiger partial charge in [0.2, 0.25) is 5.76 Å². The van der Waals surface area contributed by atoms with Crippen molar-refractivity contribution >= 4 is 11.9 Å². The molecule has 6 nitrogen and oxygen atoms in total. The van der Waals surface area contributed by atoms with Crippen LogP contribution in [-0.4, -0.2) is 36.3 Å². The molecule has 0 spiro atoms. The maximum Gasteiger partial charge on any atom is 0.373 e. The number of halogens is 1. The van der Waals surface area contributed by atoms with Gasteiger partial charge in [-0.3, -0.25) is 9.63 Å². The van der Waals surface area contributed by atoms with Gasteiger partial charge in [-0.1, -0.05) is 12.1 Å². The number of rotatable bonds is 5. The van der Waals surface area contributed by atoms with Crippen LogP contribution in [0.5, 0.6) is 0 Å². The van der Waals surface area contributed by atoms with Crippen molar-refractivity contribution in [2.45, 2.75) is 13.5 Å². The van der Waals surface area contributed by atoms with Crippen molar-refractivity contribution in [3.63, 3.8) is 0 Å². The maximum absolute atomic E-state index is 13.4. The summed E-state index contributed by atoms with van der Waals surface area (Å²) in [5, 5.41) is 10.2. The van der Waals surface area contributed by atoms with E-state index in [9.17, 15) is 19.1 Å². The standard InChI is InChI=1S/C14H16FNO5/c1-9-4-5-10(6-11(9)15)8-16(21-3)13(18)7-12(17)14(19)20-2/h4-7,17H,8H2,1-3H3/b12-7-. The fraction of sp³-hybridized carbons (Fsp3) is 0.286. The van der Waals surface area contributed by atoms with Gasteiger partial charge in [0.1, 0.15) is 5.82 Å². The summed E-state index contributed by atoms with van der Waals surface area (Å²) in [6.45, 7) is 1.58. The zero-order valence-corrected chi connectivity index (χ0v) is 11.9. The highest BCUT2D eigenvalue weighted by Crippen LogP contribution is 2.12. The molecule has 1 rings (SSSR count). The predicted molar refractivity (Wildman–Crippen MR) is 71.4 cm³/mol. The number of hydrogen-bond acceptors (Lipinski definition) is 5. The van der Waals surface area contributed by atoms with Crippen molar-refractivity contribution < 1.29 is 28.7 Å². The van der Waals surface area contributed by atoms with Gasteiger partial charge >= 0.3 is 5.97 Å². The van der Waals surface area contributed by atoms with Gasteiger partial charge in [-0.05, 0) is 24.1 Å². The third-order valence-electron chi connectivity index (χ3n) is 2.68. The van der Waals surface area contributed by atoms with Crippen LogP contribution in [0.25, 0.3) is 0 Å². The Morgan fingerprint density at radius 3 is 2.57 bits per heavy atom. The number of amides is 1. The highest BCUT2D eigenvalue weighted by molar-refractivity contribution is 5.96. The third kappa shape index (κ3) is 4.57. The number of methoxy groups -OCH3 is 1. The topological polar surface area (TPSA) is 76.1 Å². The smallest absolute Gasteiger partial charge is 0.373 e. The van der Waals surface area contributed by atoms with E-state index in [0.29, 0.717) is 17.2 Å². The molecule has 0 atom stereocenters. The van der Waals surface area contributed by atoms with Crippen LogP contribution in [-0.2, 0) is 25.7 Å². The van der Waals surface area contributed by atoms with Gasteiger partial charge in [0.05, 0.1) is 26.8 Å². The predicted octanol–water partition coefficient (Wildman–Crippen LogP) is 1.64. The minimum atomic E-state index is -1.04. The van der Waals surface area contributed by atoms with Gasteiger partial charge in [-0.2, -0.15) is 0 Å². The van der Waals surface area contributed by atoms with Crippen LogP contribution in [0.2, 0.25) is 0 Å². The second-order valence-corrected chi connectivity index (χ2v) is 4.16. The summed E-state index contributed by atoms with van der Waals surface area (Å²) < 4.78 is 17.7. The molecule has 0 aromatic heterocycles. The van der Waals surface area contributed by atoms with Crippen molar-refractivity contribution in [3.05, 3.63) is 47.0 Å². The Kier molecular flexibility index (Phi) is 5.86. The number of aryl methyl sites for hydroxylation is 1. The molecule has 0 bridgehead atoms. The van der Waals surface area contributed by atoms with E-state index in [-0.39, 0.29) is 6.54 Å². The number of ether oxygens (including phenoxy) is 1. The van der Waals surface area contributed by atoms with Crippen LogP contribution in [0, 0.1) is 12.7 Å². The molecule has 7 heteroatoms. The number of aliphatic hydroxyl groups is 1. The number of hydrogen-bond donors (Lipinski definition) is 1. The summed E-state index contributed by atoms with van der Waals surface area (Å²) in [6.07, 6.45) is 0.667. The molecule has 0 aliphatic rings. The first-order valence-electron chi connectivity index (χ1n) is 5.98. The highest BCUT2D eigenvalue weighted by Gasteiger charge is 2.16. The zero-order valence-electron chi connectivity index (χ0n) is 11.9. The fourth-order valence-corrected chi connectivity index (χ4v) is 1.49. The first kappa shape index (κ1) is 16.6. The van der Waals surface area contributed by atoms with Crippen molar-refractivity contribution in [2.24, 2.45) is 0 Å². The monoisotopic (exact) mass is 297 g/mol. The maximum atomic E-state index is 13.4. The lowest BCUT2D eigenvalue weighted by molar-refractivity contribution is -0.173. The van der Waals surface area contributed by atoms with E-state index in [0.717, 1.165) is 12.2 Å². The number of hydroxylamine groups is 2. The number of carbonyl (C=O) groups excluding carboxylic acids is 2. The van der Waals surface area contributed by atoms with Gasteiger partial charge < -0.3 is 9.84 Å². The summed E-state index contributed by atoms with van der Waals surface area (Å²) in [5.74, 6) is -3.06. The van der Waals surface area contributed by atoms with Crippen molar-refractivity contribution in [2.75, 3.05) is 14.2 Å². The van der Waals surface area contributed by atoms with Crippen molar-refractivity contribution in [1.29, 1.82) is 0 Å². The summed E-state index contributed by atoms with van der Waals surface area (Å²) >= 11 is 0. The second-order valence-electron chi connectivity index (χ2n) is 4.16. The highest BCUT2D eigenvalue weighted by atomic mass is 19.1. The van der Waals surface area contributed by atoms with Gasteiger partial charge in [-0.15, -0.1) is 0 Å². The molecule has 1 aromatic carbocycles. The van der Waals surface area contributed by atoms with E-state index in [2.05, 4.69) is 4.74 Å². The summed E-state index contributed by atoms with van der Waals surface area (Å²) in [5.41, 5.74) is 0.983. The average Bonchev–Trinajstić information content (AvgIpc) is 2.47. The molecule has 114 valence electrons. The summed E-state index contributed by atoms with van der Waals surface area (Å²) in [4.78, 5) is 27.7. The zero-order chi connectivity index (χ0) is 16.0. The lowest BCUT2D eigenvalue weighted by atomic mass is 10.1. The Morgan fingerprint density at radius 2 is 2.05 bits per heavy atom. The molecule has 0 aliphatic heterocycles. The number of esters is 1. The van der Waals surface area contributed by atoms with Crippen LogP contribution in [0.4, 0.5) is 4.39 Å². The molecule has 0 heterocycles. The van der Waals surface area contributed by atoms with Crippen molar-refractivity contribution in [3.8, 4) is 0 Å². The molecular weight excluding hydrogens is 281 g/mol. The van der Waals surface area contributed by atoms with E-state index in [1.54, 1.807) is 19.1 Å². The molecule has 0 radical (unpaired) electrons. The normalized spacial score (nSPS) is 11.1. The number of carbonyl (C=O) groups is 2. The SMILES string of the molecule is COC(=O)/C(O)=C/C(=O)N(Cc1ccc(C)c(F)c1)OC. The molecule has 21 heavy (non-hydrogen) atoms. The Bertz CT molecular complexity index is 570. The Balaban J connectivity index is 2.85. The van der Waals surface area contributed by atoms with Gasteiger partial charge in [0.25, 0.3) is 5.91 Å². The van der Waals surface area contributed by atoms with E-state index in [4.69, 9.17) is 4.84 Å². The fourth-order valence-electron chi connectivity index (χ4n) is 1.49. The summed E-state index contributed by atoms with van der Waals surface area (Å²) in [6, 6.07) is 4.49. The quantitative estimate of drug-likeness (QED) is 0.387. The second kappa shape index (κ2) is 7.39. The van der Waals surface area contributed by atoms with Crippen LogP contribution < -0.4 is 0 Å². The lowest BCUT2D eigenvalue weighted by Gasteiger charge is -2.18. The van der Waals surface area contributed by atoms with Gasteiger partial charge in [-0.25, -0.2) is 14.2 Å². The molecule has 1 N–H and O–H groups in total. The average molecular weight is 297 g/mol. The van der Waals surface area contributed by atoms with Crippen molar-refractivity contribution in [1.82, 2.24) is 5.06 Å². The van der Waals surface area contributed by atoms with E-state index >= 15 is 0 Å². The van der Waals surface area contributed by atoms with E-state index in [1.807, 2.05) is 0 Å². The number of aliphatic hydroxyl groups excluding tert-OH is 1. The van der Waals surface area contributed by atoms with E-state index < -0.39 is 23.5 Å². The molecule has 0 fully saturated rings. The number of nitrogens with zero attached hydrogens (tertiary/aromatic N) is 1. The van der Waals surface area contributed by atoms with Gasteiger partial charge in [0, 0.05) is 0 Å². The Hall–Kier alpha value is -2.41. The van der Waals surface area contributed by atoms with E-state index in [1.165, 1.54) is 13.2 Å². The molecule has 0 saturated carbocycles. The molecular formula is C14H16FNO5. The molecule has 0 saturated heterocycles.